The van der Waals surface area contributed by atoms with Gasteiger partial charge in [0, 0.05) is 58.8 Å². The number of hydrogen-bond donors (Lipinski definition) is 2. The van der Waals surface area contributed by atoms with E-state index in [1.54, 1.807) is 13.1 Å². The Morgan fingerprint density at radius 1 is 1.18 bits per heavy atom. The summed E-state index contributed by atoms with van der Waals surface area (Å²) in [7, 11) is 1.77. The van der Waals surface area contributed by atoms with E-state index in [4.69, 9.17) is 4.74 Å². The summed E-state index contributed by atoms with van der Waals surface area (Å²) in [5, 5.41) is 6.78. The maximum absolute atomic E-state index is 14.8. The molecule has 0 aromatic heterocycles. The number of hydrogen-bond acceptors (Lipinski definition) is 4. The van der Waals surface area contributed by atoms with Gasteiger partial charge in [-0.25, -0.2) is 4.39 Å². The highest BCUT2D eigenvalue weighted by atomic mass is 127. The van der Waals surface area contributed by atoms with Crippen molar-refractivity contribution in [1.82, 2.24) is 15.5 Å². The van der Waals surface area contributed by atoms with Crippen molar-refractivity contribution in [2.45, 2.75) is 53.2 Å². The number of ether oxygens (including phenoxy) is 1. The van der Waals surface area contributed by atoms with Crippen LogP contribution in [0.3, 0.4) is 0 Å². The van der Waals surface area contributed by atoms with Gasteiger partial charge in [0.05, 0.1) is 11.8 Å². The van der Waals surface area contributed by atoms with Crippen LogP contribution in [-0.2, 0) is 11.3 Å². The molecular formula is C25H43FIN5O. The van der Waals surface area contributed by atoms with Crippen molar-refractivity contribution in [1.29, 1.82) is 0 Å². The average Bonchev–Trinajstić information content (AvgIpc) is 2.79. The lowest BCUT2D eigenvalue weighted by atomic mass is 9.78. The third kappa shape index (κ3) is 7.96. The van der Waals surface area contributed by atoms with Crippen LogP contribution in [0.15, 0.2) is 23.2 Å². The van der Waals surface area contributed by atoms with E-state index in [0.717, 1.165) is 70.2 Å². The molecule has 1 aromatic carbocycles. The third-order valence-electron chi connectivity index (χ3n) is 6.69. The molecule has 2 N–H and O–H groups in total. The van der Waals surface area contributed by atoms with E-state index in [1.807, 2.05) is 12.1 Å². The van der Waals surface area contributed by atoms with Gasteiger partial charge < -0.3 is 25.2 Å². The summed E-state index contributed by atoms with van der Waals surface area (Å²) in [5.41, 5.74) is 1.74. The highest BCUT2D eigenvalue weighted by Gasteiger charge is 2.35. The SMILES string of the molecule is CCN1CCN(c2ccc(CNC(=NC)NCC3CCCOC3C(C)(C)C)cc2F)CC1.I. The van der Waals surface area contributed by atoms with Gasteiger partial charge in [-0.3, -0.25) is 4.99 Å². The zero-order valence-corrected chi connectivity index (χ0v) is 23.3. The highest BCUT2D eigenvalue weighted by Crippen LogP contribution is 2.33. The number of rotatable bonds is 6. The van der Waals surface area contributed by atoms with Gasteiger partial charge in [0.1, 0.15) is 5.82 Å². The summed E-state index contributed by atoms with van der Waals surface area (Å²) in [4.78, 5) is 8.90. The topological polar surface area (TPSA) is 52.1 Å². The lowest BCUT2D eigenvalue weighted by molar-refractivity contribution is -0.0835. The molecule has 0 bridgehead atoms. The molecule has 2 unspecified atom stereocenters. The number of guanidine groups is 1. The van der Waals surface area contributed by atoms with Gasteiger partial charge in [-0.15, -0.1) is 24.0 Å². The Bertz CT molecular complexity index is 762. The first-order valence-corrected chi connectivity index (χ1v) is 12.1. The smallest absolute Gasteiger partial charge is 0.191 e. The Balaban J connectivity index is 0.00000385. The summed E-state index contributed by atoms with van der Waals surface area (Å²) >= 11 is 0. The quantitative estimate of drug-likeness (QED) is 0.304. The van der Waals surface area contributed by atoms with Crippen LogP contribution < -0.4 is 15.5 Å². The molecule has 3 rings (SSSR count). The van der Waals surface area contributed by atoms with E-state index < -0.39 is 0 Å². The Morgan fingerprint density at radius 2 is 1.91 bits per heavy atom. The van der Waals surface area contributed by atoms with Crippen LogP contribution in [0.5, 0.6) is 0 Å². The largest absolute Gasteiger partial charge is 0.377 e. The molecule has 8 heteroatoms. The summed E-state index contributed by atoms with van der Waals surface area (Å²) in [5.74, 6) is 1.04. The van der Waals surface area contributed by atoms with Crippen molar-refractivity contribution >= 4 is 35.6 Å². The van der Waals surface area contributed by atoms with Crippen molar-refractivity contribution < 1.29 is 9.13 Å². The standard InChI is InChI=1S/C25H42FN5O.HI/c1-6-30-11-13-31(14-12-30)22-10-9-19(16-21(22)26)17-28-24(27-5)29-18-20-8-7-15-32-23(20)25(2,3)4;/h9-10,16,20,23H,6-8,11-15,17-18H2,1-5H3,(H2,27,28,29);1H. The molecule has 2 aliphatic heterocycles. The van der Waals surface area contributed by atoms with Gasteiger partial charge in [0.15, 0.2) is 5.96 Å². The minimum atomic E-state index is -0.149. The van der Waals surface area contributed by atoms with E-state index in [1.165, 1.54) is 0 Å². The van der Waals surface area contributed by atoms with Crippen molar-refractivity contribution in [3.63, 3.8) is 0 Å². The monoisotopic (exact) mass is 575 g/mol. The Labute approximate surface area is 216 Å². The number of anilines is 1. The number of nitrogens with zero attached hydrogens (tertiary/aromatic N) is 3. The maximum atomic E-state index is 14.8. The van der Waals surface area contributed by atoms with Crippen molar-refractivity contribution in [2.75, 3.05) is 57.8 Å². The van der Waals surface area contributed by atoms with Crippen molar-refractivity contribution in [3.8, 4) is 0 Å². The van der Waals surface area contributed by atoms with Crippen LogP contribution in [0.1, 0.15) is 46.1 Å². The first kappa shape index (κ1) is 28.1. The van der Waals surface area contributed by atoms with E-state index in [0.29, 0.717) is 18.2 Å². The van der Waals surface area contributed by atoms with E-state index >= 15 is 0 Å². The summed E-state index contributed by atoms with van der Waals surface area (Å²) in [6.07, 6.45) is 2.50. The Morgan fingerprint density at radius 3 is 2.52 bits per heavy atom. The second kappa shape index (κ2) is 13.1. The van der Waals surface area contributed by atoms with Gasteiger partial charge in [-0.1, -0.05) is 33.8 Å². The Hall–Kier alpha value is -1.13. The maximum Gasteiger partial charge on any atom is 0.191 e. The molecular weight excluding hydrogens is 532 g/mol. The fraction of sp³-hybridized carbons (Fsp3) is 0.720. The van der Waals surface area contributed by atoms with Crippen LogP contribution in [0, 0.1) is 17.2 Å². The lowest BCUT2D eigenvalue weighted by Crippen LogP contribution is -2.47. The number of likely N-dealkylation sites (N-methyl/N-ethyl adjacent to an activating group) is 1. The average molecular weight is 576 g/mol. The number of aliphatic imine (C=N–C) groups is 1. The predicted molar refractivity (Wildman–Crippen MR) is 146 cm³/mol. The molecule has 1 aromatic rings. The van der Waals surface area contributed by atoms with Gasteiger partial charge in [0.2, 0.25) is 0 Å². The number of halogens is 2. The molecule has 2 fully saturated rings. The van der Waals surface area contributed by atoms with Gasteiger partial charge in [-0.05, 0) is 42.5 Å². The van der Waals surface area contributed by atoms with Gasteiger partial charge >= 0.3 is 0 Å². The van der Waals surface area contributed by atoms with Crippen LogP contribution >= 0.6 is 24.0 Å². The Kier molecular flexibility index (Phi) is 11.2. The van der Waals surface area contributed by atoms with Crippen LogP contribution in [0.2, 0.25) is 0 Å². The predicted octanol–water partition coefficient (Wildman–Crippen LogP) is 4.09. The second-order valence-electron chi connectivity index (χ2n) is 10.1. The second-order valence-corrected chi connectivity index (χ2v) is 10.1. The van der Waals surface area contributed by atoms with Crippen molar-refractivity contribution in [2.24, 2.45) is 16.3 Å². The summed E-state index contributed by atoms with van der Waals surface area (Å²) in [6.45, 7) is 15.9. The minimum absolute atomic E-state index is 0. The molecule has 0 aliphatic carbocycles. The first-order valence-electron chi connectivity index (χ1n) is 12.1. The van der Waals surface area contributed by atoms with Crippen molar-refractivity contribution in [3.05, 3.63) is 29.6 Å². The van der Waals surface area contributed by atoms with Gasteiger partial charge in [-0.2, -0.15) is 0 Å². The summed E-state index contributed by atoms with van der Waals surface area (Å²) < 4.78 is 20.9. The van der Waals surface area contributed by atoms with Crippen LogP contribution in [0.4, 0.5) is 10.1 Å². The molecule has 2 heterocycles. The molecule has 0 spiro atoms. The van der Waals surface area contributed by atoms with E-state index in [-0.39, 0.29) is 41.3 Å². The first-order chi connectivity index (χ1) is 15.3. The lowest BCUT2D eigenvalue weighted by Gasteiger charge is -2.40. The fourth-order valence-corrected chi connectivity index (χ4v) is 4.87. The minimum Gasteiger partial charge on any atom is -0.377 e. The van der Waals surface area contributed by atoms with E-state index in [9.17, 15) is 4.39 Å². The normalized spacial score (nSPS) is 22.6. The number of piperazine rings is 1. The zero-order valence-electron chi connectivity index (χ0n) is 21.0. The molecule has 0 radical (unpaired) electrons. The van der Waals surface area contributed by atoms with Gasteiger partial charge in [0.25, 0.3) is 0 Å². The molecule has 6 nitrogen and oxygen atoms in total. The summed E-state index contributed by atoms with van der Waals surface area (Å²) in [6, 6.07) is 5.57. The van der Waals surface area contributed by atoms with Crippen LogP contribution in [-0.4, -0.2) is 69.9 Å². The molecule has 188 valence electrons. The molecule has 2 aliphatic rings. The zero-order chi connectivity index (χ0) is 23.1. The van der Waals surface area contributed by atoms with E-state index in [2.05, 4.69) is 53.1 Å². The number of nitrogens with one attached hydrogen (secondary N) is 2. The highest BCUT2D eigenvalue weighted by molar-refractivity contribution is 14.0. The third-order valence-corrected chi connectivity index (χ3v) is 6.69. The molecule has 33 heavy (non-hydrogen) atoms. The molecule has 2 atom stereocenters. The molecule has 0 saturated carbocycles. The number of benzene rings is 1. The fourth-order valence-electron chi connectivity index (χ4n) is 4.87. The molecule has 2 saturated heterocycles. The molecule has 0 amide bonds. The van der Waals surface area contributed by atoms with Crippen LogP contribution in [0.25, 0.3) is 0 Å².